The van der Waals surface area contributed by atoms with Crippen LogP contribution in [0, 0.1) is 5.92 Å². The minimum atomic E-state index is -0.473. The Morgan fingerprint density at radius 1 is 1.61 bits per heavy atom. The summed E-state index contributed by atoms with van der Waals surface area (Å²) < 4.78 is 0. The quantitative estimate of drug-likeness (QED) is 0.416. The lowest BCUT2D eigenvalue weighted by Crippen LogP contribution is -2.32. The third kappa shape index (κ3) is 3.92. The average molecular weight is 251 g/mol. The molecule has 18 heavy (non-hydrogen) atoms. The second-order valence-corrected chi connectivity index (χ2v) is 4.53. The Morgan fingerprint density at radius 2 is 2.33 bits per heavy atom. The van der Waals surface area contributed by atoms with Crippen LogP contribution in [0.3, 0.4) is 0 Å². The van der Waals surface area contributed by atoms with E-state index < -0.39 is 11.5 Å². The van der Waals surface area contributed by atoms with Crippen LogP contribution in [0.1, 0.15) is 26.2 Å². The number of nitrogens with one attached hydrogen (secondary N) is 2. The van der Waals surface area contributed by atoms with Crippen LogP contribution >= 0.6 is 0 Å². The molecule has 5 N–H and O–H groups in total. The Balaban J connectivity index is 2.96. The fourth-order valence-corrected chi connectivity index (χ4v) is 1.76. The molecule has 0 aromatic carbocycles. The topological polar surface area (TPSA) is 87.4 Å². The summed E-state index contributed by atoms with van der Waals surface area (Å²) in [4.78, 5) is 11.7. The Kier molecular flexibility index (Phi) is 5.45. The van der Waals surface area contributed by atoms with Crippen molar-refractivity contribution in [3.8, 4) is 0 Å². The molecular weight excluding hydrogens is 230 g/mol. The SMILES string of the molecule is C=C1NC[C@H](C)CCC/C=C\C(=O)/C(O)=C/1NN. The number of rotatable bonds is 1. The number of carbonyl (C=O) groups is 1. The van der Waals surface area contributed by atoms with Gasteiger partial charge in [0.15, 0.2) is 5.76 Å². The van der Waals surface area contributed by atoms with Crippen LogP contribution in [0.5, 0.6) is 0 Å². The third-order valence-electron chi connectivity index (χ3n) is 2.92. The number of hydrogen-bond donors (Lipinski definition) is 4. The highest BCUT2D eigenvalue weighted by atomic mass is 16.3. The second kappa shape index (κ2) is 6.86. The molecule has 0 unspecified atom stereocenters. The first-order valence-corrected chi connectivity index (χ1v) is 6.10. The third-order valence-corrected chi connectivity index (χ3v) is 2.92. The summed E-state index contributed by atoms with van der Waals surface area (Å²) in [6, 6.07) is 0. The fraction of sp³-hybridized carbons (Fsp3) is 0.462. The summed E-state index contributed by atoms with van der Waals surface area (Å²) in [6.07, 6.45) is 6.06. The molecule has 1 aliphatic rings. The minimum Gasteiger partial charge on any atom is -0.503 e. The van der Waals surface area contributed by atoms with Crippen molar-refractivity contribution in [1.82, 2.24) is 10.7 Å². The van der Waals surface area contributed by atoms with E-state index in [1.165, 1.54) is 6.08 Å². The Labute approximate surface area is 107 Å². The molecule has 5 heteroatoms. The van der Waals surface area contributed by atoms with E-state index in [0.29, 0.717) is 11.6 Å². The molecular formula is C13H21N3O2. The van der Waals surface area contributed by atoms with Gasteiger partial charge in [0.05, 0.1) is 5.70 Å². The number of aliphatic hydroxyl groups is 1. The van der Waals surface area contributed by atoms with Crippen molar-refractivity contribution in [2.75, 3.05) is 6.54 Å². The van der Waals surface area contributed by atoms with Crippen LogP contribution in [0.15, 0.2) is 35.9 Å². The van der Waals surface area contributed by atoms with Gasteiger partial charge in [0, 0.05) is 6.54 Å². The Morgan fingerprint density at radius 3 is 3.00 bits per heavy atom. The molecule has 1 aliphatic heterocycles. The summed E-state index contributed by atoms with van der Waals surface area (Å²) in [5, 5.41) is 12.9. The molecule has 0 fully saturated rings. The zero-order valence-electron chi connectivity index (χ0n) is 10.7. The van der Waals surface area contributed by atoms with Crippen LogP contribution in [0.4, 0.5) is 0 Å². The van der Waals surface area contributed by atoms with Crippen LogP contribution in [-0.4, -0.2) is 17.4 Å². The van der Waals surface area contributed by atoms with Crippen molar-refractivity contribution in [2.24, 2.45) is 11.8 Å². The molecule has 1 atom stereocenters. The molecule has 0 saturated carbocycles. The van der Waals surface area contributed by atoms with E-state index in [1.54, 1.807) is 6.08 Å². The lowest BCUT2D eigenvalue weighted by molar-refractivity contribution is -0.113. The number of nitrogens with two attached hydrogens (primary N) is 1. The van der Waals surface area contributed by atoms with Gasteiger partial charge >= 0.3 is 0 Å². The van der Waals surface area contributed by atoms with E-state index in [9.17, 15) is 9.90 Å². The van der Waals surface area contributed by atoms with Gasteiger partial charge < -0.3 is 15.8 Å². The highest BCUT2D eigenvalue weighted by Crippen LogP contribution is 2.12. The van der Waals surface area contributed by atoms with Crippen molar-refractivity contribution >= 4 is 5.78 Å². The maximum absolute atomic E-state index is 11.7. The normalized spacial score (nSPS) is 28.9. The number of ketones is 1. The minimum absolute atomic E-state index is 0.137. The summed E-state index contributed by atoms with van der Waals surface area (Å²) in [5.41, 5.74) is 2.87. The van der Waals surface area contributed by atoms with E-state index in [2.05, 4.69) is 24.2 Å². The van der Waals surface area contributed by atoms with E-state index >= 15 is 0 Å². The van der Waals surface area contributed by atoms with Crippen LogP contribution in [0.25, 0.3) is 0 Å². The fourth-order valence-electron chi connectivity index (χ4n) is 1.76. The van der Waals surface area contributed by atoms with E-state index in [1.807, 2.05) is 0 Å². The molecule has 0 saturated heterocycles. The molecule has 0 aromatic rings. The molecule has 0 spiro atoms. The first-order chi connectivity index (χ1) is 8.56. The van der Waals surface area contributed by atoms with Crippen LogP contribution in [0.2, 0.25) is 0 Å². The molecule has 1 rings (SSSR count). The molecule has 1 heterocycles. The number of hydrazine groups is 1. The van der Waals surface area contributed by atoms with Gasteiger partial charge in [0.2, 0.25) is 5.78 Å². The highest BCUT2D eigenvalue weighted by Gasteiger charge is 2.15. The molecule has 0 bridgehead atoms. The van der Waals surface area contributed by atoms with Gasteiger partial charge in [-0.05, 0) is 31.3 Å². The van der Waals surface area contributed by atoms with Crippen molar-refractivity contribution in [3.63, 3.8) is 0 Å². The lowest BCUT2D eigenvalue weighted by atomic mass is 10.0. The van der Waals surface area contributed by atoms with Gasteiger partial charge in [-0.1, -0.05) is 19.6 Å². The predicted molar refractivity (Wildman–Crippen MR) is 71.3 cm³/mol. The Hall–Kier alpha value is -1.75. The highest BCUT2D eigenvalue weighted by molar-refractivity contribution is 6.02. The maximum Gasteiger partial charge on any atom is 0.222 e. The van der Waals surface area contributed by atoms with E-state index in [4.69, 9.17) is 5.84 Å². The predicted octanol–water partition coefficient (Wildman–Crippen LogP) is 1.27. The standard InChI is InChI=1S/C13H21N3O2/c1-9-6-4-3-5-7-11(17)13(18)12(16-14)10(2)15-8-9/h5,7,9,15-16,18H,2-4,6,8,14H2,1H3/b7-5-,13-12+/t9-/m1/s1. The van der Waals surface area contributed by atoms with E-state index in [-0.39, 0.29) is 5.70 Å². The second-order valence-electron chi connectivity index (χ2n) is 4.53. The molecule has 0 amide bonds. The lowest BCUT2D eigenvalue weighted by Gasteiger charge is -2.17. The molecule has 100 valence electrons. The summed E-state index contributed by atoms with van der Waals surface area (Å²) in [7, 11) is 0. The zero-order valence-corrected chi connectivity index (χ0v) is 10.7. The monoisotopic (exact) mass is 251 g/mol. The maximum atomic E-state index is 11.7. The molecule has 0 aliphatic carbocycles. The van der Waals surface area contributed by atoms with Gasteiger partial charge in [0.25, 0.3) is 0 Å². The number of hydrogen-bond acceptors (Lipinski definition) is 5. The zero-order chi connectivity index (χ0) is 13.5. The molecule has 0 aromatic heterocycles. The summed E-state index contributed by atoms with van der Waals surface area (Å²) in [6.45, 7) is 6.64. The van der Waals surface area contributed by atoms with Gasteiger partial charge in [-0.25, -0.2) is 0 Å². The number of carbonyl (C=O) groups excluding carboxylic acids is 1. The van der Waals surface area contributed by atoms with Gasteiger partial charge in [0.1, 0.15) is 5.70 Å². The number of aliphatic hydroxyl groups excluding tert-OH is 1. The van der Waals surface area contributed by atoms with Gasteiger partial charge in [-0.2, -0.15) is 0 Å². The van der Waals surface area contributed by atoms with Crippen molar-refractivity contribution in [2.45, 2.75) is 26.2 Å². The summed E-state index contributed by atoms with van der Waals surface area (Å²) in [5.74, 6) is 4.92. The van der Waals surface area contributed by atoms with E-state index in [0.717, 1.165) is 25.8 Å². The smallest absolute Gasteiger partial charge is 0.222 e. The van der Waals surface area contributed by atoms with Crippen molar-refractivity contribution in [1.29, 1.82) is 0 Å². The summed E-state index contributed by atoms with van der Waals surface area (Å²) >= 11 is 0. The molecule has 5 nitrogen and oxygen atoms in total. The van der Waals surface area contributed by atoms with Crippen molar-refractivity contribution < 1.29 is 9.90 Å². The number of allylic oxidation sites excluding steroid dienone is 2. The largest absolute Gasteiger partial charge is 0.503 e. The first kappa shape index (κ1) is 14.3. The van der Waals surface area contributed by atoms with Crippen molar-refractivity contribution in [3.05, 3.63) is 35.9 Å². The van der Waals surface area contributed by atoms with Gasteiger partial charge in [-0.3, -0.25) is 10.6 Å². The van der Waals surface area contributed by atoms with Gasteiger partial charge in [-0.15, -0.1) is 0 Å². The Bertz CT molecular complexity index is 386. The average Bonchev–Trinajstić information content (AvgIpc) is 2.35. The molecule has 0 radical (unpaired) electrons. The van der Waals surface area contributed by atoms with Crippen LogP contribution in [-0.2, 0) is 4.79 Å². The van der Waals surface area contributed by atoms with Crippen LogP contribution < -0.4 is 16.6 Å². The first-order valence-electron chi connectivity index (χ1n) is 6.10.